The van der Waals surface area contributed by atoms with Gasteiger partial charge in [0.1, 0.15) is 0 Å². The molecule has 0 spiro atoms. The van der Waals surface area contributed by atoms with Gasteiger partial charge in [0.05, 0.1) is 18.4 Å². The number of oxazole rings is 1. The molecule has 21 heavy (non-hydrogen) atoms. The lowest BCUT2D eigenvalue weighted by atomic mass is 9.85. The van der Waals surface area contributed by atoms with Gasteiger partial charge in [-0.1, -0.05) is 32.1 Å². The molecule has 1 unspecified atom stereocenters. The van der Waals surface area contributed by atoms with E-state index in [1.165, 1.54) is 38.5 Å². The second-order valence-electron chi connectivity index (χ2n) is 6.25. The molecule has 1 saturated heterocycles. The number of hydrogen-bond acceptors (Lipinski definition) is 4. The molecule has 1 aromatic heterocycles. The fraction of sp³-hybridized carbons (Fsp3) is 0.750. The molecule has 1 amide bonds. The number of nitrogens with zero attached hydrogens (tertiary/aromatic N) is 2. The van der Waals surface area contributed by atoms with Crippen LogP contribution < -0.4 is 0 Å². The smallest absolute Gasteiger partial charge is 0.291 e. The summed E-state index contributed by atoms with van der Waals surface area (Å²) in [5, 5.41) is 0. The third-order valence-electron chi connectivity index (χ3n) is 4.69. The lowest BCUT2D eigenvalue weighted by molar-refractivity contribution is -0.0345. The first kappa shape index (κ1) is 14.6. The van der Waals surface area contributed by atoms with Crippen molar-refractivity contribution in [2.24, 2.45) is 5.92 Å². The third-order valence-corrected chi connectivity index (χ3v) is 4.69. The van der Waals surface area contributed by atoms with E-state index in [1.807, 2.05) is 4.90 Å². The monoisotopic (exact) mass is 292 g/mol. The highest BCUT2D eigenvalue weighted by atomic mass is 16.5. The van der Waals surface area contributed by atoms with Gasteiger partial charge in [-0.05, 0) is 19.3 Å². The Balaban J connectivity index is 1.57. The molecule has 1 aliphatic heterocycles. The molecule has 3 rings (SSSR count). The van der Waals surface area contributed by atoms with Crippen molar-refractivity contribution in [3.05, 3.63) is 17.8 Å². The molecule has 0 bridgehead atoms. The first-order valence-electron chi connectivity index (χ1n) is 8.05. The zero-order valence-corrected chi connectivity index (χ0v) is 12.7. The average Bonchev–Trinajstić information content (AvgIpc) is 2.94. The third kappa shape index (κ3) is 3.46. The van der Waals surface area contributed by atoms with Gasteiger partial charge in [0, 0.05) is 13.1 Å². The van der Waals surface area contributed by atoms with Crippen LogP contribution in [0.2, 0.25) is 0 Å². The fourth-order valence-corrected chi connectivity index (χ4v) is 3.49. The first-order valence-corrected chi connectivity index (χ1v) is 8.05. The van der Waals surface area contributed by atoms with Gasteiger partial charge in [-0.25, -0.2) is 4.98 Å². The number of carbonyl (C=O) groups excluding carboxylic acids is 1. The minimum atomic E-state index is -0.0538. The molecular weight excluding hydrogens is 268 g/mol. The maximum atomic E-state index is 12.5. The standard InChI is InChI=1S/C16H24N2O3/c1-12-15(21-11-17-12)16(19)18-7-8-20-14(10-18)9-13-5-3-2-4-6-13/h11,13-14H,2-10H2,1H3. The first-order chi connectivity index (χ1) is 10.2. The van der Waals surface area contributed by atoms with Crippen LogP contribution in [0.5, 0.6) is 0 Å². The highest BCUT2D eigenvalue weighted by Crippen LogP contribution is 2.29. The van der Waals surface area contributed by atoms with Crippen LogP contribution in [-0.4, -0.2) is 41.6 Å². The number of aryl methyl sites for hydroxylation is 1. The molecule has 0 aromatic carbocycles. The molecule has 5 heteroatoms. The van der Waals surface area contributed by atoms with Crippen molar-refractivity contribution in [3.63, 3.8) is 0 Å². The number of amides is 1. The topological polar surface area (TPSA) is 55.6 Å². The highest BCUT2D eigenvalue weighted by molar-refractivity contribution is 5.92. The van der Waals surface area contributed by atoms with Crippen LogP contribution in [0.1, 0.15) is 54.8 Å². The number of hydrogen-bond donors (Lipinski definition) is 0. The Kier molecular flexibility index (Phi) is 4.58. The lowest BCUT2D eigenvalue weighted by Gasteiger charge is -2.35. The van der Waals surface area contributed by atoms with Crippen molar-refractivity contribution in [3.8, 4) is 0 Å². The Hall–Kier alpha value is -1.36. The van der Waals surface area contributed by atoms with Gasteiger partial charge in [-0.15, -0.1) is 0 Å². The Labute approximate surface area is 125 Å². The molecule has 0 radical (unpaired) electrons. The predicted octanol–water partition coefficient (Wildman–Crippen LogP) is 2.79. The van der Waals surface area contributed by atoms with Crippen LogP contribution in [0.25, 0.3) is 0 Å². The van der Waals surface area contributed by atoms with E-state index in [4.69, 9.17) is 9.15 Å². The number of rotatable bonds is 3. The summed E-state index contributed by atoms with van der Waals surface area (Å²) in [5.74, 6) is 1.08. The van der Waals surface area contributed by atoms with E-state index >= 15 is 0 Å². The van der Waals surface area contributed by atoms with Crippen LogP contribution in [0.4, 0.5) is 0 Å². The molecule has 116 valence electrons. The number of carbonyl (C=O) groups is 1. The normalized spacial score (nSPS) is 24.2. The van der Waals surface area contributed by atoms with E-state index in [9.17, 15) is 4.79 Å². The van der Waals surface area contributed by atoms with Crippen molar-refractivity contribution in [2.45, 2.75) is 51.6 Å². The molecule has 2 aliphatic rings. The van der Waals surface area contributed by atoms with Crippen molar-refractivity contribution < 1.29 is 13.9 Å². The minimum absolute atomic E-state index is 0.0538. The van der Waals surface area contributed by atoms with E-state index in [0.29, 0.717) is 31.2 Å². The van der Waals surface area contributed by atoms with Crippen LogP contribution in [-0.2, 0) is 4.74 Å². The van der Waals surface area contributed by atoms with E-state index in [1.54, 1.807) is 6.92 Å². The van der Waals surface area contributed by atoms with Gasteiger partial charge in [0.25, 0.3) is 5.91 Å². The van der Waals surface area contributed by atoms with E-state index in [0.717, 1.165) is 12.3 Å². The largest absolute Gasteiger partial charge is 0.438 e. The Morgan fingerprint density at radius 2 is 2.19 bits per heavy atom. The van der Waals surface area contributed by atoms with E-state index in [2.05, 4.69) is 4.98 Å². The summed E-state index contributed by atoms with van der Waals surface area (Å²) in [4.78, 5) is 18.3. The molecule has 1 aromatic rings. The van der Waals surface area contributed by atoms with E-state index in [-0.39, 0.29) is 12.0 Å². The molecule has 1 atom stereocenters. The predicted molar refractivity (Wildman–Crippen MR) is 78.1 cm³/mol. The van der Waals surface area contributed by atoms with Crippen LogP contribution in [0.15, 0.2) is 10.8 Å². The molecule has 1 saturated carbocycles. The lowest BCUT2D eigenvalue weighted by Crippen LogP contribution is -2.46. The van der Waals surface area contributed by atoms with Gasteiger partial charge in [0.2, 0.25) is 5.76 Å². The van der Waals surface area contributed by atoms with Crippen LogP contribution in [0, 0.1) is 12.8 Å². The SMILES string of the molecule is Cc1ncoc1C(=O)N1CCOC(CC2CCCCC2)C1. The van der Waals surface area contributed by atoms with Crippen molar-refractivity contribution in [1.82, 2.24) is 9.88 Å². The Bertz CT molecular complexity index is 480. The second-order valence-corrected chi connectivity index (χ2v) is 6.25. The molecule has 2 fully saturated rings. The van der Waals surface area contributed by atoms with Crippen molar-refractivity contribution in [2.75, 3.05) is 19.7 Å². The number of morpholine rings is 1. The summed E-state index contributed by atoms with van der Waals surface area (Å²) in [6.45, 7) is 3.74. The maximum Gasteiger partial charge on any atom is 0.291 e. The summed E-state index contributed by atoms with van der Waals surface area (Å²) < 4.78 is 11.1. The van der Waals surface area contributed by atoms with Gasteiger partial charge in [0.15, 0.2) is 6.39 Å². The van der Waals surface area contributed by atoms with Crippen molar-refractivity contribution in [1.29, 1.82) is 0 Å². The van der Waals surface area contributed by atoms with Crippen molar-refractivity contribution >= 4 is 5.91 Å². The van der Waals surface area contributed by atoms with E-state index < -0.39 is 0 Å². The van der Waals surface area contributed by atoms with Gasteiger partial charge in [-0.2, -0.15) is 0 Å². The number of aromatic nitrogens is 1. The quantitative estimate of drug-likeness (QED) is 0.859. The zero-order valence-electron chi connectivity index (χ0n) is 12.7. The minimum Gasteiger partial charge on any atom is -0.438 e. The average molecular weight is 292 g/mol. The second kappa shape index (κ2) is 6.60. The zero-order chi connectivity index (χ0) is 14.7. The molecular formula is C16H24N2O3. The fourth-order valence-electron chi connectivity index (χ4n) is 3.49. The summed E-state index contributed by atoms with van der Waals surface area (Å²) in [5.41, 5.74) is 0.662. The summed E-state index contributed by atoms with van der Waals surface area (Å²) >= 11 is 0. The van der Waals surface area contributed by atoms with Gasteiger partial charge < -0.3 is 14.1 Å². The number of ether oxygens (including phenoxy) is 1. The molecule has 1 aliphatic carbocycles. The highest BCUT2D eigenvalue weighted by Gasteiger charge is 2.29. The van der Waals surface area contributed by atoms with Gasteiger partial charge in [-0.3, -0.25) is 4.79 Å². The Morgan fingerprint density at radius 1 is 1.38 bits per heavy atom. The van der Waals surface area contributed by atoms with Crippen LogP contribution >= 0.6 is 0 Å². The molecule has 0 N–H and O–H groups in total. The summed E-state index contributed by atoms with van der Waals surface area (Å²) in [6.07, 6.45) is 9.28. The Morgan fingerprint density at radius 3 is 2.90 bits per heavy atom. The maximum absolute atomic E-state index is 12.5. The molecule has 5 nitrogen and oxygen atoms in total. The summed E-state index contributed by atoms with van der Waals surface area (Å²) in [6, 6.07) is 0. The van der Waals surface area contributed by atoms with Gasteiger partial charge >= 0.3 is 0 Å². The summed E-state index contributed by atoms with van der Waals surface area (Å²) in [7, 11) is 0. The van der Waals surface area contributed by atoms with Crippen LogP contribution in [0.3, 0.4) is 0 Å². The molecule has 2 heterocycles.